The maximum Gasteiger partial charge on any atom is 0.334 e. The van der Waals surface area contributed by atoms with E-state index in [0.29, 0.717) is 12.2 Å². The third-order valence-corrected chi connectivity index (χ3v) is 6.40. The number of carbonyl (C=O) groups excluding carboxylic acids is 1. The number of fused-ring (bicyclic) bond motifs is 1. The molecule has 1 unspecified atom stereocenters. The molecular weight excluding hydrogens is 306 g/mol. The second-order valence-corrected chi connectivity index (χ2v) is 7.42. The first-order valence-electron chi connectivity index (χ1n) is 5.46. The molecule has 9 heteroatoms. The van der Waals surface area contributed by atoms with Crippen molar-refractivity contribution in [3.63, 3.8) is 0 Å². The molecule has 1 N–H and O–H groups in total. The fourth-order valence-corrected chi connectivity index (χ4v) is 5.03. The minimum atomic E-state index is -0.964. The van der Waals surface area contributed by atoms with E-state index >= 15 is 0 Å². The van der Waals surface area contributed by atoms with Gasteiger partial charge in [0.2, 0.25) is 5.91 Å². The van der Waals surface area contributed by atoms with E-state index in [1.165, 1.54) is 52.5 Å². The third kappa shape index (κ3) is 2.49. The summed E-state index contributed by atoms with van der Waals surface area (Å²) in [4.78, 5) is 28.2. The van der Waals surface area contributed by atoms with E-state index < -0.39 is 5.97 Å². The van der Waals surface area contributed by atoms with Gasteiger partial charge in [-0.05, 0) is 11.5 Å². The molecule has 1 fully saturated rings. The van der Waals surface area contributed by atoms with Crippen LogP contribution in [0.3, 0.4) is 0 Å². The number of nitrogens with zero attached hydrogens (tertiary/aromatic N) is 3. The van der Waals surface area contributed by atoms with Crippen LogP contribution in [0, 0.1) is 0 Å². The van der Waals surface area contributed by atoms with Gasteiger partial charge in [-0.2, -0.15) is 4.37 Å². The standard InChI is InChI=1S/C10H9N3O3S3/c14-7-1-8-13(7)2-5(9(15)16)6(18-8)3-17-10-11-4-12-19-10/h2,4,6,8H,1,3H2,(H,15,16)/t6?,8-/m1/s1. The summed E-state index contributed by atoms with van der Waals surface area (Å²) in [5.41, 5.74) is 0.284. The highest BCUT2D eigenvalue weighted by Crippen LogP contribution is 2.42. The smallest absolute Gasteiger partial charge is 0.334 e. The lowest BCUT2D eigenvalue weighted by Gasteiger charge is -2.43. The van der Waals surface area contributed by atoms with Crippen molar-refractivity contribution in [1.82, 2.24) is 14.3 Å². The average molecular weight is 315 g/mol. The average Bonchev–Trinajstić information content (AvgIpc) is 2.87. The van der Waals surface area contributed by atoms with Gasteiger partial charge >= 0.3 is 5.97 Å². The summed E-state index contributed by atoms with van der Waals surface area (Å²) in [6.07, 6.45) is 3.47. The Labute approximate surface area is 121 Å². The predicted molar refractivity (Wildman–Crippen MR) is 73.0 cm³/mol. The van der Waals surface area contributed by atoms with Crippen molar-refractivity contribution in [1.29, 1.82) is 0 Å². The number of carboxylic acid groups (broad SMARTS) is 1. The number of thioether (sulfide) groups is 2. The van der Waals surface area contributed by atoms with E-state index in [2.05, 4.69) is 9.36 Å². The lowest BCUT2D eigenvalue weighted by molar-refractivity contribution is -0.138. The van der Waals surface area contributed by atoms with E-state index in [9.17, 15) is 14.7 Å². The molecular formula is C10H9N3O3S3. The van der Waals surface area contributed by atoms with Crippen LogP contribution in [0.2, 0.25) is 0 Å². The van der Waals surface area contributed by atoms with Gasteiger partial charge in [0, 0.05) is 17.2 Å². The van der Waals surface area contributed by atoms with E-state index in [0.717, 1.165) is 4.34 Å². The van der Waals surface area contributed by atoms with Crippen molar-refractivity contribution in [3.05, 3.63) is 18.1 Å². The molecule has 2 aliphatic rings. The predicted octanol–water partition coefficient (Wildman–Crippen LogP) is 1.27. The topological polar surface area (TPSA) is 83.4 Å². The van der Waals surface area contributed by atoms with Gasteiger partial charge in [-0.1, -0.05) is 11.8 Å². The van der Waals surface area contributed by atoms with Crippen molar-refractivity contribution in [2.24, 2.45) is 0 Å². The Balaban J connectivity index is 1.72. The van der Waals surface area contributed by atoms with Crippen LogP contribution in [0.4, 0.5) is 0 Å². The maximum absolute atomic E-state index is 11.3. The Kier molecular flexibility index (Phi) is 3.50. The molecule has 19 heavy (non-hydrogen) atoms. The van der Waals surface area contributed by atoms with E-state index in [4.69, 9.17) is 0 Å². The molecule has 0 bridgehead atoms. The van der Waals surface area contributed by atoms with Crippen LogP contribution in [0.25, 0.3) is 0 Å². The summed E-state index contributed by atoms with van der Waals surface area (Å²) < 4.78 is 4.74. The van der Waals surface area contributed by atoms with Crippen LogP contribution in [0.1, 0.15) is 6.42 Å². The quantitative estimate of drug-likeness (QED) is 0.661. The normalized spacial score (nSPS) is 25.6. The largest absolute Gasteiger partial charge is 0.478 e. The minimum Gasteiger partial charge on any atom is -0.478 e. The summed E-state index contributed by atoms with van der Waals surface area (Å²) in [5, 5.41) is 9.19. The monoisotopic (exact) mass is 315 g/mol. The molecule has 3 heterocycles. The zero-order chi connectivity index (χ0) is 13.4. The van der Waals surface area contributed by atoms with Gasteiger partial charge in [0.05, 0.1) is 17.4 Å². The Morgan fingerprint density at radius 2 is 2.47 bits per heavy atom. The van der Waals surface area contributed by atoms with E-state index in [-0.39, 0.29) is 22.1 Å². The van der Waals surface area contributed by atoms with Gasteiger partial charge in [0.1, 0.15) is 6.33 Å². The van der Waals surface area contributed by atoms with Crippen molar-refractivity contribution in [3.8, 4) is 0 Å². The van der Waals surface area contributed by atoms with Gasteiger partial charge in [0.25, 0.3) is 0 Å². The number of carboxylic acids is 1. The maximum atomic E-state index is 11.3. The SMILES string of the molecule is O=C(O)C1=CN2C(=O)C[C@H]2SC1CSc1ncns1. The molecule has 0 aliphatic carbocycles. The highest BCUT2D eigenvalue weighted by Gasteiger charge is 2.43. The number of aliphatic carboxylic acids is 1. The summed E-state index contributed by atoms with van der Waals surface area (Å²) in [6.45, 7) is 0. The molecule has 0 aromatic carbocycles. The third-order valence-electron chi connectivity index (χ3n) is 2.84. The fraction of sp³-hybridized carbons (Fsp3) is 0.400. The first-order chi connectivity index (χ1) is 9.15. The van der Waals surface area contributed by atoms with Crippen molar-refractivity contribution < 1.29 is 14.7 Å². The molecule has 0 saturated carbocycles. The number of carbonyl (C=O) groups is 2. The Morgan fingerprint density at radius 1 is 1.63 bits per heavy atom. The zero-order valence-electron chi connectivity index (χ0n) is 9.55. The molecule has 1 aromatic rings. The van der Waals surface area contributed by atoms with Crippen molar-refractivity contribution in [2.75, 3.05) is 5.75 Å². The summed E-state index contributed by atoms with van der Waals surface area (Å²) >= 11 is 4.33. The van der Waals surface area contributed by atoms with Gasteiger partial charge in [-0.15, -0.1) is 11.8 Å². The molecule has 2 atom stereocenters. The highest BCUT2D eigenvalue weighted by atomic mass is 32.2. The van der Waals surface area contributed by atoms with Crippen LogP contribution in [-0.4, -0.2) is 47.6 Å². The summed E-state index contributed by atoms with van der Waals surface area (Å²) in [6, 6.07) is 0. The summed E-state index contributed by atoms with van der Waals surface area (Å²) in [5.74, 6) is -0.351. The number of hydrogen-bond donors (Lipinski definition) is 1. The molecule has 1 saturated heterocycles. The van der Waals surface area contributed by atoms with Gasteiger partial charge in [0.15, 0.2) is 4.34 Å². The molecule has 3 rings (SSSR count). The first-order valence-corrected chi connectivity index (χ1v) is 8.16. The second kappa shape index (κ2) is 5.14. The molecule has 1 amide bonds. The highest BCUT2D eigenvalue weighted by molar-refractivity contribution is 8.04. The minimum absolute atomic E-state index is 0.00789. The molecule has 100 valence electrons. The number of hydrogen-bond acceptors (Lipinski definition) is 7. The number of amides is 1. The van der Waals surface area contributed by atoms with E-state index in [1.54, 1.807) is 0 Å². The first kappa shape index (κ1) is 12.9. The van der Waals surface area contributed by atoms with Crippen LogP contribution < -0.4 is 0 Å². The van der Waals surface area contributed by atoms with Gasteiger partial charge in [-0.3, -0.25) is 4.79 Å². The number of aromatic nitrogens is 2. The zero-order valence-corrected chi connectivity index (χ0v) is 12.0. The van der Waals surface area contributed by atoms with Crippen LogP contribution in [0.15, 0.2) is 22.4 Å². The number of β-lactam (4-membered cyclic amide) rings is 1. The summed E-state index contributed by atoms with van der Waals surface area (Å²) in [7, 11) is 0. The number of rotatable bonds is 4. The van der Waals surface area contributed by atoms with Gasteiger partial charge < -0.3 is 10.0 Å². The Bertz CT molecular complexity index is 545. The lowest BCUT2D eigenvalue weighted by atomic mass is 10.1. The lowest BCUT2D eigenvalue weighted by Crippen LogP contribution is -2.51. The second-order valence-electron chi connectivity index (χ2n) is 3.99. The molecule has 2 aliphatic heterocycles. The molecule has 0 spiro atoms. The molecule has 1 aromatic heterocycles. The fourth-order valence-electron chi connectivity index (χ4n) is 1.86. The van der Waals surface area contributed by atoms with Crippen LogP contribution in [-0.2, 0) is 9.59 Å². The van der Waals surface area contributed by atoms with Crippen molar-refractivity contribution >= 4 is 46.9 Å². The Morgan fingerprint density at radius 3 is 3.11 bits per heavy atom. The van der Waals surface area contributed by atoms with Crippen LogP contribution >= 0.6 is 35.1 Å². The van der Waals surface area contributed by atoms with Crippen molar-refractivity contribution in [2.45, 2.75) is 21.4 Å². The Hall–Kier alpha value is -1.06. The molecule has 6 nitrogen and oxygen atoms in total. The molecule has 0 radical (unpaired) electrons. The van der Waals surface area contributed by atoms with Crippen LogP contribution in [0.5, 0.6) is 0 Å². The van der Waals surface area contributed by atoms with E-state index in [1.807, 2.05) is 0 Å². The van der Waals surface area contributed by atoms with Gasteiger partial charge in [-0.25, -0.2) is 9.78 Å².